The predicted molar refractivity (Wildman–Crippen MR) is 100 cm³/mol. The Kier molecular flexibility index (Phi) is 5.20. The zero-order valence-electron chi connectivity index (χ0n) is 16.0. The molecule has 1 N–H and O–H groups in total. The zero-order chi connectivity index (χ0) is 18.8. The Morgan fingerprint density at radius 2 is 1.96 bits per heavy atom. The van der Waals surface area contributed by atoms with Crippen molar-refractivity contribution in [1.29, 1.82) is 0 Å². The summed E-state index contributed by atoms with van der Waals surface area (Å²) < 4.78 is 1.56. The van der Waals surface area contributed by atoms with Gasteiger partial charge in [0.1, 0.15) is 11.4 Å². The van der Waals surface area contributed by atoms with Crippen LogP contribution in [0.1, 0.15) is 64.2 Å². The van der Waals surface area contributed by atoms with E-state index >= 15 is 0 Å². The summed E-state index contributed by atoms with van der Waals surface area (Å²) in [5.74, 6) is 0.227. The Labute approximate surface area is 153 Å². The SMILES string of the molecule is CCc1c(C)cc(C(=O)NCc2nc(C)c3c(n2)CCCC3)c(=O)n1C. The second-order valence-corrected chi connectivity index (χ2v) is 6.95. The molecule has 1 aliphatic rings. The Morgan fingerprint density at radius 3 is 2.69 bits per heavy atom. The number of pyridine rings is 1. The predicted octanol–water partition coefficient (Wildman–Crippen LogP) is 2.16. The van der Waals surface area contributed by atoms with E-state index in [4.69, 9.17) is 0 Å². The number of nitrogens with one attached hydrogen (secondary N) is 1. The van der Waals surface area contributed by atoms with Gasteiger partial charge in [-0.25, -0.2) is 9.97 Å². The lowest BCUT2D eigenvalue weighted by molar-refractivity contribution is 0.0947. The highest BCUT2D eigenvalue weighted by atomic mass is 16.2. The summed E-state index contributed by atoms with van der Waals surface area (Å²) in [5, 5.41) is 2.80. The van der Waals surface area contributed by atoms with Crippen LogP contribution in [0.25, 0.3) is 0 Å². The van der Waals surface area contributed by atoms with Crippen LogP contribution in [-0.4, -0.2) is 20.4 Å². The largest absolute Gasteiger partial charge is 0.345 e. The quantitative estimate of drug-likeness (QED) is 0.913. The van der Waals surface area contributed by atoms with Gasteiger partial charge in [0.15, 0.2) is 0 Å². The van der Waals surface area contributed by atoms with E-state index in [-0.39, 0.29) is 23.6 Å². The van der Waals surface area contributed by atoms with E-state index in [9.17, 15) is 9.59 Å². The van der Waals surface area contributed by atoms with Crippen molar-refractivity contribution in [3.05, 3.63) is 56.0 Å². The molecule has 0 radical (unpaired) electrons. The monoisotopic (exact) mass is 354 g/mol. The van der Waals surface area contributed by atoms with E-state index < -0.39 is 0 Å². The molecule has 1 aliphatic carbocycles. The molecule has 6 heteroatoms. The molecule has 0 unspecified atom stereocenters. The van der Waals surface area contributed by atoms with Crippen molar-refractivity contribution in [2.24, 2.45) is 7.05 Å². The number of aromatic nitrogens is 3. The lowest BCUT2D eigenvalue weighted by atomic mass is 9.95. The van der Waals surface area contributed by atoms with E-state index in [1.165, 1.54) is 12.0 Å². The molecule has 0 atom stereocenters. The van der Waals surface area contributed by atoms with Gasteiger partial charge >= 0.3 is 0 Å². The summed E-state index contributed by atoms with van der Waals surface area (Å²) in [5.41, 5.74) is 5.14. The van der Waals surface area contributed by atoms with E-state index in [1.807, 2.05) is 20.8 Å². The van der Waals surface area contributed by atoms with Crippen LogP contribution in [0, 0.1) is 13.8 Å². The summed E-state index contributed by atoms with van der Waals surface area (Å²) in [6.45, 7) is 6.15. The van der Waals surface area contributed by atoms with Gasteiger partial charge in [0.05, 0.1) is 6.54 Å². The van der Waals surface area contributed by atoms with Gasteiger partial charge in [-0.3, -0.25) is 9.59 Å². The van der Waals surface area contributed by atoms with Crippen molar-refractivity contribution in [3.8, 4) is 0 Å². The van der Waals surface area contributed by atoms with Crippen molar-refractivity contribution >= 4 is 5.91 Å². The molecule has 0 aromatic carbocycles. The van der Waals surface area contributed by atoms with E-state index in [1.54, 1.807) is 17.7 Å². The summed E-state index contributed by atoms with van der Waals surface area (Å²) in [6.07, 6.45) is 5.09. The third-order valence-electron chi connectivity index (χ3n) is 5.18. The standard InChI is InChI=1S/C20H26N4O2/c1-5-17-12(2)10-15(20(26)24(17)4)19(25)21-11-18-22-13(3)14-8-6-7-9-16(14)23-18/h10H,5-9,11H2,1-4H3,(H,21,25). The van der Waals surface area contributed by atoms with Gasteiger partial charge in [-0.2, -0.15) is 0 Å². The fourth-order valence-corrected chi connectivity index (χ4v) is 3.79. The van der Waals surface area contributed by atoms with Crippen molar-refractivity contribution < 1.29 is 4.79 Å². The first-order chi connectivity index (χ1) is 12.4. The minimum Gasteiger partial charge on any atom is -0.345 e. The molecule has 2 heterocycles. The number of hydrogen-bond donors (Lipinski definition) is 1. The van der Waals surface area contributed by atoms with Crippen LogP contribution >= 0.6 is 0 Å². The maximum absolute atomic E-state index is 12.5. The smallest absolute Gasteiger partial charge is 0.263 e. The summed E-state index contributed by atoms with van der Waals surface area (Å²) in [6, 6.07) is 1.68. The highest BCUT2D eigenvalue weighted by molar-refractivity contribution is 5.94. The molecule has 6 nitrogen and oxygen atoms in total. The number of carbonyl (C=O) groups is 1. The molecule has 0 fully saturated rings. The number of hydrogen-bond acceptors (Lipinski definition) is 4. The van der Waals surface area contributed by atoms with E-state index in [0.29, 0.717) is 5.82 Å². The Hall–Kier alpha value is -2.50. The van der Waals surface area contributed by atoms with Crippen LogP contribution in [-0.2, 0) is 32.9 Å². The Balaban J connectivity index is 1.80. The maximum atomic E-state index is 12.5. The fourth-order valence-electron chi connectivity index (χ4n) is 3.79. The van der Waals surface area contributed by atoms with Crippen LogP contribution in [0.3, 0.4) is 0 Å². The Bertz CT molecular complexity index is 915. The van der Waals surface area contributed by atoms with E-state index in [2.05, 4.69) is 15.3 Å². The molecular weight excluding hydrogens is 328 g/mol. The van der Waals surface area contributed by atoms with Crippen molar-refractivity contribution in [2.45, 2.75) is 59.4 Å². The third-order valence-corrected chi connectivity index (χ3v) is 5.18. The van der Waals surface area contributed by atoms with E-state index in [0.717, 1.165) is 48.3 Å². The van der Waals surface area contributed by atoms with Gasteiger partial charge in [-0.15, -0.1) is 0 Å². The van der Waals surface area contributed by atoms with Gasteiger partial charge in [-0.05, 0) is 63.1 Å². The summed E-state index contributed by atoms with van der Waals surface area (Å²) >= 11 is 0. The number of nitrogens with zero attached hydrogens (tertiary/aromatic N) is 3. The molecule has 0 saturated heterocycles. The number of fused-ring (bicyclic) bond motifs is 1. The van der Waals surface area contributed by atoms with Gasteiger partial charge < -0.3 is 9.88 Å². The van der Waals surface area contributed by atoms with Crippen LogP contribution in [0.15, 0.2) is 10.9 Å². The fraction of sp³-hybridized carbons (Fsp3) is 0.500. The average Bonchev–Trinajstić information content (AvgIpc) is 2.63. The molecule has 26 heavy (non-hydrogen) atoms. The molecule has 3 rings (SSSR count). The highest BCUT2D eigenvalue weighted by Crippen LogP contribution is 2.21. The topological polar surface area (TPSA) is 76.9 Å². The van der Waals surface area contributed by atoms with Gasteiger partial charge in [0.2, 0.25) is 0 Å². The van der Waals surface area contributed by atoms with Crippen molar-refractivity contribution in [3.63, 3.8) is 0 Å². The molecule has 0 bridgehead atoms. The first kappa shape index (κ1) is 18.3. The van der Waals surface area contributed by atoms with Crippen molar-refractivity contribution in [1.82, 2.24) is 19.9 Å². The van der Waals surface area contributed by atoms with Gasteiger partial charge in [-0.1, -0.05) is 6.92 Å². The van der Waals surface area contributed by atoms with Crippen LogP contribution in [0.4, 0.5) is 0 Å². The van der Waals surface area contributed by atoms with Gasteiger partial charge in [0.25, 0.3) is 11.5 Å². The van der Waals surface area contributed by atoms with Crippen LogP contribution < -0.4 is 10.9 Å². The Morgan fingerprint density at radius 1 is 1.23 bits per heavy atom. The lowest BCUT2D eigenvalue weighted by Gasteiger charge is -2.17. The molecule has 138 valence electrons. The third kappa shape index (κ3) is 3.41. The number of carbonyl (C=O) groups excluding carboxylic acids is 1. The van der Waals surface area contributed by atoms with Crippen molar-refractivity contribution in [2.75, 3.05) is 0 Å². The molecule has 2 aromatic rings. The normalized spacial score (nSPS) is 13.4. The zero-order valence-corrected chi connectivity index (χ0v) is 16.0. The molecule has 2 aromatic heterocycles. The minimum absolute atomic E-state index is 0.164. The second kappa shape index (κ2) is 7.40. The molecule has 0 saturated carbocycles. The first-order valence-electron chi connectivity index (χ1n) is 9.25. The minimum atomic E-state index is -0.379. The highest BCUT2D eigenvalue weighted by Gasteiger charge is 2.18. The molecular formula is C20H26N4O2. The van der Waals surface area contributed by atoms with Gasteiger partial charge in [0, 0.05) is 24.1 Å². The van der Waals surface area contributed by atoms with Crippen LogP contribution in [0.5, 0.6) is 0 Å². The van der Waals surface area contributed by atoms with Crippen LogP contribution in [0.2, 0.25) is 0 Å². The summed E-state index contributed by atoms with van der Waals surface area (Å²) in [7, 11) is 1.71. The number of aryl methyl sites for hydroxylation is 3. The second-order valence-electron chi connectivity index (χ2n) is 6.95. The number of amides is 1. The average molecular weight is 354 g/mol. The summed E-state index contributed by atoms with van der Waals surface area (Å²) in [4.78, 5) is 34.1. The molecule has 1 amide bonds. The molecule has 0 aliphatic heterocycles. The first-order valence-corrected chi connectivity index (χ1v) is 9.25. The maximum Gasteiger partial charge on any atom is 0.263 e. The lowest BCUT2D eigenvalue weighted by Crippen LogP contribution is -2.34. The number of rotatable bonds is 4. The molecule has 0 spiro atoms.